The Hall–Kier alpha value is -4.64. The molecule has 0 amide bonds. The second-order valence-electron chi connectivity index (χ2n) is 9.06. The molecule has 5 N–H and O–H groups in total. The van der Waals surface area contributed by atoms with Crippen molar-refractivity contribution in [3.8, 4) is 28.7 Å². The Morgan fingerprint density at radius 2 is 0.889 bits per heavy atom. The topological polar surface area (TPSA) is 101 Å². The maximum atomic E-state index is 11.4. The van der Waals surface area contributed by atoms with Crippen molar-refractivity contribution in [3.63, 3.8) is 0 Å². The first-order valence-electron chi connectivity index (χ1n) is 11.7. The van der Waals surface area contributed by atoms with E-state index < -0.39 is 0 Å². The van der Waals surface area contributed by atoms with E-state index in [0.29, 0.717) is 35.8 Å². The Balaban J connectivity index is 1.68. The van der Waals surface area contributed by atoms with Crippen LogP contribution in [0, 0.1) is 0 Å². The number of fused-ring (bicyclic) bond motifs is 1. The van der Waals surface area contributed by atoms with E-state index in [1.807, 2.05) is 36.4 Å². The molecule has 0 spiro atoms. The number of benzene rings is 5. The standard InChI is InChI=1S/C31H26O5/c32-24-8-1-19(2-9-24)15-22-7-14-29(35)30-27(22)18-23(16-20-3-10-25(33)11-4-20)31(36)28(30)17-21-5-12-26(34)13-6-21/h1-14,18,32-36H,15-17H2. The predicted molar refractivity (Wildman–Crippen MR) is 140 cm³/mol. The lowest BCUT2D eigenvalue weighted by atomic mass is 9.88. The number of rotatable bonds is 6. The van der Waals surface area contributed by atoms with Crippen molar-refractivity contribution < 1.29 is 25.5 Å². The molecular formula is C31H26O5. The summed E-state index contributed by atoms with van der Waals surface area (Å²) in [4.78, 5) is 0. The second-order valence-corrected chi connectivity index (χ2v) is 9.06. The second kappa shape index (κ2) is 9.55. The largest absolute Gasteiger partial charge is 0.508 e. The van der Waals surface area contributed by atoms with Gasteiger partial charge in [-0.3, -0.25) is 0 Å². The maximum Gasteiger partial charge on any atom is 0.123 e. The molecule has 5 aromatic carbocycles. The number of aromatic hydroxyl groups is 5. The summed E-state index contributed by atoms with van der Waals surface area (Å²) in [5.74, 6) is 0.732. The van der Waals surface area contributed by atoms with Gasteiger partial charge in [-0.05, 0) is 88.2 Å². The van der Waals surface area contributed by atoms with Gasteiger partial charge in [0.15, 0.2) is 0 Å². The molecule has 0 aliphatic carbocycles. The molecule has 0 fully saturated rings. The molecule has 5 heteroatoms. The van der Waals surface area contributed by atoms with Gasteiger partial charge >= 0.3 is 0 Å². The van der Waals surface area contributed by atoms with E-state index in [1.165, 1.54) is 0 Å². The average Bonchev–Trinajstić information content (AvgIpc) is 2.87. The zero-order valence-electron chi connectivity index (χ0n) is 19.5. The van der Waals surface area contributed by atoms with Crippen molar-refractivity contribution in [1.82, 2.24) is 0 Å². The molecule has 0 unspecified atom stereocenters. The third kappa shape index (κ3) is 4.77. The van der Waals surface area contributed by atoms with E-state index in [2.05, 4.69) is 0 Å². The molecular weight excluding hydrogens is 452 g/mol. The molecule has 5 rings (SSSR count). The number of hydrogen-bond donors (Lipinski definition) is 5. The van der Waals surface area contributed by atoms with Crippen molar-refractivity contribution in [2.24, 2.45) is 0 Å². The van der Waals surface area contributed by atoms with Crippen LogP contribution in [0.25, 0.3) is 10.8 Å². The average molecular weight is 479 g/mol. The summed E-state index contributed by atoms with van der Waals surface area (Å²) in [5.41, 5.74) is 5.12. The highest BCUT2D eigenvalue weighted by atomic mass is 16.3. The summed E-state index contributed by atoms with van der Waals surface area (Å²) < 4.78 is 0. The van der Waals surface area contributed by atoms with Crippen molar-refractivity contribution in [1.29, 1.82) is 0 Å². The van der Waals surface area contributed by atoms with Crippen LogP contribution in [0.3, 0.4) is 0 Å². The molecule has 0 aliphatic rings. The predicted octanol–water partition coefficient (Wildman–Crippen LogP) is 6.14. The van der Waals surface area contributed by atoms with E-state index >= 15 is 0 Å². The quantitative estimate of drug-likeness (QED) is 0.202. The number of phenols is 5. The zero-order valence-corrected chi connectivity index (χ0v) is 19.5. The Labute approximate surface area is 208 Å². The smallest absolute Gasteiger partial charge is 0.123 e. The van der Waals surface area contributed by atoms with Crippen LogP contribution in [0.1, 0.15) is 33.4 Å². The van der Waals surface area contributed by atoms with Gasteiger partial charge in [0.25, 0.3) is 0 Å². The van der Waals surface area contributed by atoms with Gasteiger partial charge in [0.05, 0.1) is 0 Å². The van der Waals surface area contributed by atoms with E-state index in [4.69, 9.17) is 0 Å². The fraction of sp³-hybridized carbons (Fsp3) is 0.0968. The van der Waals surface area contributed by atoms with Crippen LogP contribution in [0.2, 0.25) is 0 Å². The molecule has 0 radical (unpaired) electrons. The summed E-state index contributed by atoms with van der Waals surface area (Å²) in [6, 6.07) is 26.2. The first-order chi connectivity index (χ1) is 17.4. The lowest BCUT2D eigenvalue weighted by Crippen LogP contribution is -1.99. The van der Waals surface area contributed by atoms with Gasteiger partial charge in [0.2, 0.25) is 0 Å². The Kier molecular flexibility index (Phi) is 6.13. The molecule has 0 aromatic heterocycles. The van der Waals surface area contributed by atoms with Crippen LogP contribution in [0.15, 0.2) is 91.0 Å². The van der Waals surface area contributed by atoms with Gasteiger partial charge in [-0.1, -0.05) is 42.5 Å². The fourth-order valence-corrected chi connectivity index (χ4v) is 4.63. The molecule has 0 heterocycles. The minimum Gasteiger partial charge on any atom is -0.508 e. The van der Waals surface area contributed by atoms with Crippen LogP contribution in [-0.4, -0.2) is 25.5 Å². The van der Waals surface area contributed by atoms with Crippen LogP contribution in [-0.2, 0) is 19.3 Å². The van der Waals surface area contributed by atoms with Gasteiger partial charge in [-0.2, -0.15) is 0 Å². The molecule has 0 bridgehead atoms. The van der Waals surface area contributed by atoms with Crippen LogP contribution in [0.4, 0.5) is 0 Å². The third-order valence-corrected chi connectivity index (χ3v) is 6.50. The Morgan fingerprint density at radius 1 is 0.444 bits per heavy atom. The summed E-state index contributed by atoms with van der Waals surface area (Å²) in [5, 5.41) is 52.8. The Morgan fingerprint density at radius 3 is 1.39 bits per heavy atom. The highest BCUT2D eigenvalue weighted by Gasteiger charge is 2.19. The summed E-state index contributed by atoms with van der Waals surface area (Å²) in [6.07, 6.45) is 1.39. The van der Waals surface area contributed by atoms with Gasteiger partial charge < -0.3 is 25.5 Å². The van der Waals surface area contributed by atoms with Crippen LogP contribution < -0.4 is 0 Å². The molecule has 0 atom stereocenters. The van der Waals surface area contributed by atoms with Crippen molar-refractivity contribution in [3.05, 3.63) is 124 Å². The van der Waals surface area contributed by atoms with Gasteiger partial charge in [-0.25, -0.2) is 0 Å². The third-order valence-electron chi connectivity index (χ3n) is 6.50. The molecule has 0 aliphatic heterocycles. The normalized spacial score (nSPS) is 11.1. The number of phenolic OH excluding ortho intramolecular Hbond substituents is 5. The van der Waals surface area contributed by atoms with Crippen molar-refractivity contribution in [2.45, 2.75) is 19.3 Å². The minimum absolute atomic E-state index is 0.0831. The molecule has 36 heavy (non-hydrogen) atoms. The van der Waals surface area contributed by atoms with Crippen molar-refractivity contribution >= 4 is 10.8 Å². The van der Waals surface area contributed by atoms with Crippen LogP contribution in [0.5, 0.6) is 28.7 Å². The van der Waals surface area contributed by atoms with E-state index in [1.54, 1.807) is 54.6 Å². The molecule has 180 valence electrons. The first-order valence-corrected chi connectivity index (χ1v) is 11.7. The molecule has 0 saturated carbocycles. The molecule has 5 aromatic rings. The summed E-state index contributed by atoms with van der Waals surface area (Å²) >= 11 is 0. The van der Waals surface area contributed by atoms with Gasteiger partial charge in [0.1, 0.15) is 28.7 Å². The van der Waals surface area contributed by atoms with E-state index in [-0.39, 0.29) is 28.7 Å². The van der Waals surface area contributed by atoms with E-state index in [9.17, 15) is 25.5 Å². The van der Waals surface area contributed by atoms with Gasteiger partial charge in [-0.15, -0.1) is 0 Å². The highest BCUT2D eigenvalue weighted by molar-refractivity contribution is 5.96. The van der Waals surface area contributed by atoms with Crippen LogP contribution >= 0.6 is 0 Å². The van der Waals surface area contributed by atoms with E-state index in [0.717, 1.165) is 27.6 Å². The van der Waals surface area contributed by atoms with Crippen molar-refractivity contribution in [2.75, 3.05) is 0 Å². The lowest BCUT2D eigenvalue weighted by Gasteiger charge is -2.18. The van der Waals surface area contributed by atoms with Gasteiger partial charge in [0, 0.05) is 23.8 Å². The lowest BCUT2D eigenvalue weighted by molar-refractivity contribution is 0.461. The Bertz CT molecular complexity index is 1520. The summed E-state index contributed by atoms with van der Waals surface area (Å²) in [6.45, 7) is 0. The SMILES string of the molecule is Oc1ccc(Cc2cc3c(Cc4ccc(O)cc4)ccc(O)c3c(Cc3ccc(O)cc3)c2O)cc1. The monoisotopic (exact) mass is 478 g/mol. The summed E-state index contributed by atoms with van der Waals surface area (Å²) in [7, 11) is 0. The maximum absolute atomic E-state index is 11.4. The fourth-order valence-electron chi connectivity index (χ4n) is 4.63. The number of hydrogen-bond acceptors (Lipinski definition) is 5. The first kappa shape index (κ1) is 23.1. The minimum atomic E-state index is 0.0831. The molecule has 0 saturated heterocycles. The highest BCUT2D eigenvalue weighted by Crippen LogP contribution is 2.41. The zero-order chi connectivity index (χ0) is 25.2. The molecule has 5 nitrogen and oxygen atoms in total.